The second-order valence-corrected chi connectivity index (χ2v) is 30.2. The number of nitrogens with zero attached hydrogens (tertiary/aromatic N) is 4. The minimum atomic E-state index is -0.468. The molecule has 3 aromatic carbocycles. The summed E-state index contributed by atoms with van der Waals surface area (Å²) in [6.07, 6.45) is 25.6. The van der Waals surface area contributed by atoms with Crippen LogP contribution in [0, 0.1) is 13.8 Å². The molecular formula is C85H110N6O4. The van der Waals surface area contributed by atoms with Gasteiger partial charge >= 0.3 is 0 Å². The van der Waals surface area contributed by atoms with Gasteiger partial charge in [0.2, 0.25) is 0 Å². The van der Waals surface area contributed by atoms with Crippen LogP contribution in [0.25, 0.3) is 88.2 Å². The fourth-order valence-electron chi connectivity index (χ4n) is 15.0. The first kappa shape index (κ1) is 70.3. The molecule has 0 aliphatic carbocycles. The summed E-state index contributed by atoms with van der Waals surface area (Å²) in [4.78, 5) is 76.4. The standard InChI is InChI=1S/C85H110N6O4/c1-16-21-26-31-36-62-53(6)76-74(58-42-40-57(41-43-58)52-91-82(94)68-48-66-67(49-69(68)83(91)95)81(93)90(80(66)92)44-35-30-25-20-5)77-54(7)63(37-32-27-22-17-2)71(87-77)51-73-65(39-34-29-24-19-4)56(9)79(89-73)75(59-45-60(84(10,11)12)47-61(46-59)85(13,14)15)78-55(8)64(38-33-28-23-18-3)72(88-78)50-70(62)86-76/h40-43,45-51,88-89H,16-39,44,52H2,1-15H3. The van der Waals surface area contributed by atoms with E-state index in [1.165, 1.54) is 128 Å². The number of fused-ring (bicyclic) bond motifs is 10. The van der Waals surface area contributed by atoms with Gasteiger partial charge in [0.15, 0.2) is 0 Å². The van der Waals surface area contributed by atoms with Gasteiger partial charge in [0.05, 0.1) is 61.9 Å². The Morgan fingerprint density at radius 1 is 0.400 bits per heavy atom. The van der Waals surface area contributed by atoms with E-state index >= 15 is 0 Å². The fourth-order valence-corrected chi connectivity index (χ4v) is 15.0. The van der Waals surface area contributed by atoms with Gasteiger partial charge in [-0.2, -0.15) is 0 Å². The number of H-pyrrole nitrogens is 2. The normalized spacial score (nSPS) is 13.1. The molecule has 5 aromatic heterocycles. The lowest BCUT2D eigenvalue weighted by molar-refractivity contribution is 0.568. The maximum Gasteiger partial charge on any atom is 0.261 e. The molecule has 0 unspecified atom stereocenters. The maximum absolute atomic E-state index is 14.4. The number of aromatic amines is 2. The van der Waals surface area contributed by atoms with E-state index in [4.69, 9.17) is 9.97 Å². The van der Waals surface area contributed by atoms with Crippen molar-refractivity contribution in [2.75, 3.05) is 0 Å². The third-order valence-corrected chi connectivity index (χ3v) is 21.0. The van der Waals surface area contributed by atoms with E-state index in [0.29, 0.717) is 13.0 Å². The SMILES string of the molecule is CCCCCCC1=C(C)c2nc1cc1[nH]c(c(C)c1CCCCCC)c(-c1cc(C(C)(C)C)cc(C(C)(C)C)c1)c1[nH]c(cc3nc(c2-c2ccc(Cn4c(=O)c5cc6c(=O)n(CCCCCC)c(=O)c6cc5c4=O)cc2)C(C)=C3CCCCCC)c(CCCCCC)c1C. The van der Waals surface area contributed by atoms with Gasteiger partial charge in [0, 0.05) is 28.7 Å². The second-order valence-electron chi connectivity index (χ2n) is 30.2. The Labute approximate surface area is 566 Å². The molecule has 10 heteroatoms. The third kappa shape index (κ3) is 14.8. The summed E-state index contributed by atoms with van der Waals surface area (Å²) >= 11 is 0. The van der Waals surface area contributed by atoms with Crippen LogP contribution >= 0.6 is 0 Å². The maximum atomic E-state index is 14.4. The van der Waals surface area contributed by atoms with Gasteiger partial charge in [0.1, 0.15) is 0 Å². The molecule has 0 saturated heterocycles. The van der Waals surface area contributed by atoms with Gasteiger partial charge in [-0.3, -0.25) is 28.3 Å². The van der Waals surface area contributed by atoms with Crippen molar-refractivity contribution in [3.63, 3.8) is 0 Å². The molecule has 95 heavy (non-hydrogen) atoms. The molecule has 0 amide bonds. The van der Waals surface area contributed by atoms with Crippen molar-refractivity contribution in [3.05, 3.63) is 170 Å². The Balaban J connectivity index is 1.27. The highest BCUT2D eigenvalue weighted by molar-refractivity contribution is 6.04. The summed E-state index contributed by atoms with van der Waals surface area (Å²) < 4.78 is 2.52. The predicted molar refractivity (Wildman–Crippen MR) is 405 cm³/mol. The first-order valence-corrected chi connectivity index (χ1v) is 36.9. The van der Waals surface area contributed by atoms with Crippen molar-refractivity contribution < 1.29 is 0 Å². The number of allylic oxidation sites excluding steroid dienone is 4. The zero-order chi connectivity index (χ0) is 68.0. The summed E-state index contributed by atoms with van der Waals surface area (Å²) in [6.45, 7) is 35.0. The number of aromatic nitrogens is 6. The minimum absolute atomic E-state index is 0.0248. The summed E-state index contributed by atoms with van der Waals surface area (Å²) in [5.41, 5.74) is 24.4. The van der Waals surface area contributed by atoms with Gasteiger partial charge in [-0.25, -0.2) is 9.97 Å². The van der Waals surface area contributed by atoms with Crippen LogP contribution in [0.5, 0.6) is 0 Å². The zero-order valence-electron chi connectivity index (χ0n) is 60.7. The Morgan fingerprint density at radius 3 is 1.17 bits per heavy atom. The average molecular weight is 1280 g/mol. The molecule has 8 aromatic rings. The molecule has 2 aliphatic heterocycles. The van der Waals surface area contributed by atoms with Crippen LogP contribution in [0.1, 0.15) is 293 Å². The van der Waals surface area contributed by atoms with Crippen molar-refractivity contribution >= 4 is 65.9 Å². The molecular weight excluding hydrogens is 1170 g/mol. The lowest BCUT2D eigenvalue weighted by atomic mass is 9.78. The van der Waals surface area contributed by atoms with E-state index in [-0.39, 0.29) is 38.9 Å². The Bertz CT molecular complexity index is 4340. The summed E-state index contributed by atoms with van der Waals surface area (Å²) in [7, 11) is 0. The number of rotatable bonds is 29. The first-order valence-electron chi connectivity index (χ1n) is 36.9. The van der Waals surface area contributed by atoms with Crippen molar-refractivity contribution in [2.45, 2.75) is 282 Å². The van der Waals surface area contributed by atoms with E-state index in [9.17, 15) is 19.2 Å². The number of aryl methyl sites for hydroxylation is 4. The van der Waals surface area contributed by atoms with Gasteiger partial charge in [-0.1, -0.05) is 215 Å². The van der Waals surface area contributed by atoms with Crippen molar-refractivity contribution in [3.8, 4) is 22.3 Å². The number of hydrogen-bond acceptors (Lipinski definition) is 6. The lowest BCUT2D eigenvalue weighted by Gasteiger charge is -2.26. The second kappa shape index (κ2) is 30.3. The molecule has 0 spiro atoms. The van der Waals surface area contributed by atoms with E-state index in [1.54, 1.807) is 0 Å². The summed E-state index contributed by atoms with van der Waals surface area (Å²) in [5, 5.41) is 0.708. The van der Waals surface area contributed by atoms with Crippen LogP contribution in [0.3, 0.4) is 0 Å². The Morgan fingerprint density at radius 2 is 0.779 bits per heavy atom. The molecule has 10 nitrogen and oxygen atoms in total. The van der Waals surface area contributed by atoms with Crippen molar-refractivity contribution in [1.82, 2.24) is 29.1 Å². The third-order valence-electron chi connectivity index (χ3n) is 21.0. The first-order chi connectivity index (χ1) is 45.5. The molecule has 0 fully saturated rings. The van der Waals surface area contributed by atoms with E-state index < -0.39 is 22.2 Å². The summed E-state index contributed by atoms with van der Waals surface area (Å²) in [5.74, 6) is 0. The number of unbranched alkanes of at least 4 members (excludes halogenated alkanes) is 15. The van der Waals surface area contributed by atoms with Crippen molar-refractivity contribution in [1.29, 1.82) is 0 Å². The van der Waals surface area contributed by atoms with Crippen LogP contribution in [-0.4, -0.2) is 29.1 Å². The number of hydrogen-bond donors (Lipinski definition) is 2. The highest BCUT2D eigenvalue weighted by atomic mass is 16.2. The minimum Gasteiger partial charge on any atom is -0.354 e. The van der Waals surface area contributed by atoms with E-state index in [0.717, 1.165) is 169 Å². The largest absolute Gasteiger partial charge is 0.354 e. The molecule has 0 atom stereocenters. The van der Waals surface area contributed by atoms with Gasteiger partial charge in [-0.05, 0) is 193 Å². The smallest absolute Gasteiger partial charge is 0.261 e. The zero-order valence-corrected chi connectivity index (χ0v) is 60.7. The fraction of sp³-hybridized carbons (Fsp3) is 0.506. The monoisotopic (exact) mass is 1280 g/mol. The van der Waals surface area contributed by atoms with Gasteiger partial charge < -0.3 is 9.97 Å². The molecule has 7 heterocycles. The van der Waals surface area contributed by atoms with E-state index in [1.807, 2.05) is 12.1 Å². The van der Waals surface area contributed by atoms with Crippen LogP contribution in [0.15, 0.2) is 85.9 Å². The van der Waals surface area contributed by atoms with Crippen LogP contribution in [0.4, 0.5) is 0 Å². The topological polar surface area (TPSA) is 136 Å². The van der Waals surface area contributed by atoms with Gasteiger partial charge in [-0.15, -0.1) is 0 Å². The molecule has 8 bridgehead atoms. The lowest BCUT2D eigenvalue weighted by Crippen LogP contribution is -2.26. The van der Waals surface area contributed by atoms with Crippen LogP contribution in [-0.2, 0) is 36.8 Å². The quantitative estimate of drug-likeness (QED) is 0.0448. The number of benzene rings is 3. The van der Waals surface area contributed by atoms with Gasteiger partial charge in [0.25, 0.3) is 22.2 Å². The number of nitrogens with one attached hydrogen (secondary N) is 2. The summed E-state index contributed by atoms with van der Waals surface area (Å²) in [6, 6.07) is 23.5. The highest BCUT2D eigenvalue weighted by Gasteiger charge is 2.30. The molecule has 2 aliphatic rings. The Hall–Kier alpha value is -7.46. The molecule has 504 valence electrons. The highest BCUT2D eigenvalue weighted by Crippen LogP contribution is 2.46. The predicted octanol–water partition coefficient (Wildman–Crippen LogP) is 21.8. The van der Waals surface area contributed by atoms with Crippen LogP contribution in [0.2, 0.25) is 0 Å². The van der Waals surface area contributed by atoms with Crippen molar-refractivity contribution in [2.24, 2.45) is 0 Å². The molecule has 0 saturated carbocycles. The molecule has 2 N–H and O–H groups in total. The molecule has 10 rings (SSSR count). The van der Waals surface area contributed by atoms with Crippen LogP contribution < -0.4 is 22.2 Å². The average Bonchev–Trinajstić information content (AvgIpc) is 1.61. The Kier molecular flexibility index (Phi) is 22.4. The van der Waals surface area contributed by atoms with E-state index in [2.05, 4.69) is 156 Å². The molecule has 0 radical (unpaired) electrons.